The molecule has 42 heavy (non-hydrogen) atoms. The van der Waals surface area contributed by atoms with Gasteiger partial charge >= 0.3 is 23.9 Å². The van der Waals surface area contributed by atoms with Gasteiger partial charge in [0.15, 0.2) is 23.4 Å². The predicted molar refractivity (Wildman–Crippen MR) is 152 cm³/mol. The summed E-state index contributed by atoms with van der Waals surface area (Å²) in [5.74, 6) is -2.98. The summed E-state index contributed by atoms with van der Waals surface area (Å²) in [6, 6.07) is 0. The number of carbonyl (C=O) groups is 4. The van der Waals surface area contributed by atoms with Gasteiger partial charge in [0.25, 0.3) is 0 Å². The molecule has 238 valence electrons. The van der Waals surface area contributed by atoms with Gasteiger partial charge < -0.3 is 34.3 Å². The standard InChI is InChI=1S/C31H48O11/c1-9-11-12-13-14-15-24(34)39-20(5)25(40-27(35)18(3)10-2)19(4)22-16-29(7,42-21(6)32)17-23(33)31(38)26(22)41-28(36)30(31,8)37/h10,20,23,25-26,33,37-38H,9,11-17H2,1-8H3/b18-10-,22-19+/t20-,23-,25-,26-,29+,30+,31+/m0/s1. The van der Waals surface area contributed by atoms with Crippen LogP contribution in [0.2, 0.25) is 0 Å². The van der Waals surface area contributed by atoms with Gasteiger partial charge in [-0.25, -0.2) is 9.59 Å². The lowest BCUT2D eigenvalue weighted by Crippen LogP contribution is -2.63. The van der Waals surface area contributed by atoms with Crippen LogP contribution in [-0.2, 0) is 38.1 Å². The first-order valence-electron chi connectivity index (χ1n) is 14.7. The van der Waals surface area contributed by atoms with E-state index in [0.29, 0.717) is 12.0 Å². The summed E-state index contributed by atoms with van der Waals surface area (Å²) in [5, 5.41) is 33.9. The summed E-state index contributed by atoms with van der Waals surface area (Å²) in [6.07, 6.45) is 0.363. The fourth-order valence-electron chi connectivity index (χ4n) is 5.72. The second kappa shape index (κ2) is 14.1. The van der Waals surface area contributed by atoms with E-state index in [1.54, 1.807) is 40.7 Å². The Bertz CT molecular complexity index is 1090. The highest BCUT2D eigenvalue weighted by Crippen LogP contribution is 2.50. The topological polar surface area (TPSA) is 166 Å². The Kier molecular flexibility index (Phi) is 11.9. The largest absolute Gasteiger partial charge is 0.459 e. The van der Waals surface area contributed by atoms with Gasteiger partial charge in [-0.3, -0.25) is 9.59 Å². The smallest absolute Gasteiger partial charge is 0.341 e. The molecular weight excluding hydrogens is 548 g/mol. The van der Waals surface area contributed by atoms with Gasteiger partial charge in [0.2, 0.25) is 0 Å². The number of aliphatic hydroxyl groups is 3. The van der Waals surface area contributed by atoms with Gasteiger partial charge in [-0.1, -0.05) is 38.7 Å². The second-order valence-corrected chi connectivity index (χ2v) is 12.0. The Hall–Kier alpha value is -2.76. The summed E-state index contributed by atoms with van der Waals surface area (Å²) in [5.41, 5.74) is -5.77. The number of aliphatic hydroxyl groups excluding tert-OH is 1. The summed E-state index contributed by atoms with van der Waals surface area (Å²) >= 11 is 0. The van der Waals surface area contributed by atoms with Gasteiger partial charge in [0.1, 0.15) is 11.7 Å². The molecule has 2 rings (SSSR count). The first-order valence-corrected chi connectivity index (χ1v) is 14.7. The van der Waals surface area contributed by atoms with Crippen molar-refractivity contribution >= 4 is 23.9 Å². The van der Waals surface area contributed by atoms with Crippen LogP contribution in [0.4, 0.5) is 0 Å². The third kappa shape index (κ3) is 7.60. The number of rotatable bonds is 12. The van der Waals surface area contributed by atoms with Crippen LogP contribution in [0.1, 0.15) is 107 Å². The predicted octanol–water partition coefficient (Wildman–Crippen LogP) is 3.36. The van der Waals surface area contributed by atoms with E-state index < -0.39 is 65.1 Å². The Morgan fingerprint density at radius 3 is 2.26 bits per heavy atom. The molecule has 0 radical (unpaired) electrons. The fourth-order valence-corrected chi connectivity index (χ4v) is 5.72. The van der Waals surface area contributed by atoms with E-state index in [1.165, 1.54) is 6.92 Å². The highest BCUT2D eigenvalue weighted by atomic mass is 16.6. The zero-order valence-electron chi connectivity index (χ0n) is 26.2. The van der Waals surface area contributed by atoms with Gasteiger partial charge in [-0.05, 0) is 59.1 Å². The lowest BCUT2D eigenvalue weighted by Gasteiger charge is -2.38. The molecule has 0 aromatic heterocycles. The highest BCUT2D eigenvalue weighted by Gasteiger charge is 2.71. The first-order chi connectivity index (χ1) is 19.4. The molecule has 1 saturated heterocycles. The molecular formula is C31H48O11. The molecule has 0 aromatic rings. The van der Waals surface area contributed by atoms with Crippen LogP contribution in [0.5, 0.6) is 0 Å². The molecule has 3 N–H and O–H groups in total. The van der Waals surface area contributed by atoms with Crippen molar-refractivity contribution in [3.05, 3.63) is 22.8 Å². The average Bonchev–Trinajstić information content (AvgIpc) is 3.03. The van der Waals surface area contributed by atoms with Crippen molar-refractivity contribution in [2.75, 3.05) is 0 Å². The minimum absolute atomic E-state index is 0.152. The number of carbonyl (C=O) groups excluding carboxylic acids is 4. The van der Waals surface area contributed by atoms with Crippen molar-refractivity contribution in [1.29, 1.82) is 0 Å². The van der Waals surface area contributed by atoms with E-state index >= 15 is 0 Å². The number of fused-ring (bicyclic) bond motifs is 1. The van der Waals surface area contributed by atoms with Crippen molar-refractivity contribution in [2.24, 2.45) is 0 Å². The first kappa shape index (κ1) is 35.4. The number of ether oxygens (including phenoxy) is 4. The molecule has 11 heteroatoms. The Labute approximate surface area is 248 Å². The number of unbranched alkanes of at least 4 members (excludes halogenated alkanes) is 4. The minimum Gasteiger partial charge on any atom is -0.459 e. The zero-order valence-corrected chi connectivity index (χ0v) is 26.2. The van der Waals surface area contributed by atoms with Crippen molar-refractivity contribution in [3.63, 3.8) is 0 Å². The van der Waals surface area contributed by atoms with Gasteiger partial charge in [0.05, 0.1) is 6.10 Å². The molecule has 0 amide bonds. The minimum atomic E-state index is -2.54. The van der Waals surface area contributed by atoms with Crippen molar-refractivity contribution in [2.45, 2.75) is 148 Å². The SMILES string of the molecule is C/C=C(/C)C(=O)O[C@@H](/C(C)=C1\C[C@@](C)(OC(C)=O)C[C@H](O)[C@@]2(O)[C@H]1OC(=O)[C@@]2(C)O)[C@H](C)OC(=O)CCCCCCC. The summed E-state index contributed by atoms with van der Waals surface area (Å²) in [7, 11) is 0. The molecule has 0 bridgehead atoms. The lowest BCUT2D eigenvalue weighted by molar-refractivity contribution is -0.193. The molecule has 1 aliphatic heterocycles. The van der Waals surface area contributed by atoms with E-state index in [0.717, 1.165) is 32.6 Å². The highest BCUT2D eigenvalue weighted by molar-refractivity contribution is 5.88. The van der Waals surface area contributed by atoms with Gasteiger partial charge in [0, 0.05) is 31.8 Å². The van der Waals surface area contributed by atoms with Gasteiger partial charge in [-0.15, -0.1) is 0 Å². The summed E-state index contributed by atoms with van der Waals surface area (Å²) in [4.78, 5) is 50.4. The average molecular weight is 597 g/mol. The Morgan fingerprint density at radius 1 is 1.07 bits per heavy atom. The maximum absolute atomic E-state index is 12.9. The van der Waals surface area contributed by atoms with E-state index in [1.807, 2.05) is 0 Å². The zero-order chi connectivity index (χ0) is 32.0. The van der Waals surface area contributed by atoms with Crippen LogP contribution >= 0.6 is 0 Å². The van der Waals surface area contributed by atoms with Crippen LogP contribution in [0, 0.1) is 0 Å². The molecule has 7 atom stereocenters. The van der Waals surface area contributed by atoms with Crippen LogP contribution in [0.15, 0.2) is 22.8 Å². The number of allylic oxidation sites excluding steroid dienone is 1. The van der Waals surface area contributed by atoms with E-state index in [-0.39, 0.29) is 30.4 Å². The van der Waals surface area contributed by atoms with E-state index in [2.05, 4.69) is 6.92 Å². The Morgan fingerprint density at radius 2 is 1.69 bits per heavy atom. The van der Waals surface area contributed by atoms with E-state index in [4.69, 9.17) is 18.9 Å². The molecule has 0 aromatic carbocycles. The van der Waals surface area contributed by atoms with Crippen LogP contribution in [0.3, 0.4) is 0 Å². The van der Waals surface area contributed by atoms with Crippen molar-refractivity contribution in [3.8, 4) is 0 Å². The molecule has 1 aliphatic carbocycles. The van der Waals surface area contributed by atoms with E-state index in [9.17, 15) is 34.5 Å². The molecule has 2 aliphatic rings. The molecule has 2 fully saturated rings. The van der Waals surface area contributed by atoms with Crippen molar-refractivity contribution in [1.82, 2.24) is 0 Å². The van der Waals surface area contributed by atoms with Crippen LogP contribution in [-0.4, -0.2) is 80.4 Å². The number of esters is 4. The fraction of sp³-hybridized carbons (Fsp3) is 0.742. The second-order valence-electron chi connectivity index (χ2n) is 12.0. The quantitative estimate of drug-likeness (QED) is 0.0994. The third-order valence-electron chi connectivity index (χ3n) is 8.36. The third-order valence-corrected chi connectivity index (χ3v) is 8.36. The normalized spacial score (nSPS) is 32.2. The monoisotopic (exact) mass is 596 g/mol. The summed E-state index contributed by atoms with van der Waals surface area (Å²) in [6.45, 7) is 12.2. The molecule has 1 saturated carbocycles. The molecule has 1 heterocycles. The lowest BCUT2D eigenvalue weighted by atomic mass is 9.75. The number of hydrogen-bond acceptors (Lipinski definition) is 11. The molecule has 11 nitrogen and oxygen atoms in total. The number of hydrogen-bond donors (Lipinski definition) is 3. The van der Waals surface area contributed by atoms with Gasteiger partial charge in [-0.2, -0.15) is 0 Å². The Balaban J connectivity index is 2.60. The van der Waals surface area contributed by atoms with Crippen molar-refractivity contribution < 1.29 is 53.4 Å². The van der Waals surface area contributed by atoms with Crippen LogP contribution in [0.25, 0.3) is 0 Å². The summed E-state index contributed by atoms with van der Waals surface area (Å²) < 4.78 is 22.5. The maximum Gasteiger partial charge on any atom is 0.341 e. The maximum atomic E-state index is 12.9. The van der Waals surface area contributed by atoms with Crippen LogP contribution < -0.4 is 0 Å². The molecule has 0 unspecified atom stereocenters. The molecule has 0 spiro atoms.